The van der Waals surface area contributed by atoms with Crippen molar-refractivity contribution in [3.05, 3.63) is 70.9 Å². The average molecular weight is 353 g/mol. The molecule has 1 amide bonds. The van der Waals surface area contributed by atoms with Gasteiger partial charge in [0.05, 0.1) is 18.8 Å². The molecule has 0 atom stereocenters. The van der Waals surface area contributed by atoms with Crippen molar-refractivity contribution in [1.82, 2.24) is 25.6 Å². The van der Waals surface area contributed by atoms with Crippen LogP contribution in [0.1, 0.15) is 33.2 Å². The summed E-state index contributed by atoms with van der Waals surface area (Å²) in [4.78, 5) is 14.3. The first kappa shape index (κ1) is 17.9. The maximum Gasteiger partial charge on any atom is 0.273 e. The van der Waals surface area contributed by atoms with Gasteiger partial charge in [0, 0.05) is 18.3 Å². The number of hydrogen-bond acceptors (Lipinski definition) is 5. The number of nitrogens with zero attached hydrogens (tertiary/aromatic N) is 3. The fourth-order valence-electron chi connectivity index (χ4n) is 2.63. The molecule has 3 aromatic rings. The minimum Gasteiger partial charge on any atom is -0.359 e. The highest BCUT2D eigenvalue weighted by Crippen LogP contribution is 2.08. The molecule has 7 heteroatoms. The fourth-order valence-corrected chi connectivity index (χ4v) is 2.63. The number of carbonyl (C=O) groups is 1. The Kier molecular flexibility index (Phi) is 5.80. The minimum absolute atomic E-state index is 0.271. The van der Waals surface area contributed by atoms with E-state index in [0.717, 1.165) is 24.4 Å². The van der Waals surface area contributed by atoms with Crippen LogP contribution < -0.4 is 5.32 Å². The molecule has 2 N–H and O–H groups in total. The van der Waals surface area contributed by atoms with Crippen LogP contribution in [0.3, 0.4) is 0 Å². The van der Waals surface area contributed by atoms with Gasteiger partial charge in [-0.15, -0.1) is 0 Å². The number of nitrogens with one attached hydrogen (secondary N) is 2. The van der Waals surface area contributed by atoms with Crippen LogP contribution in [0.4, 0.5) is 0 Å². The summed E-state index contributed by atoms with van der Waals surface area (Å²) in [6, 6.07) is 13.9. The van der Waals surface area contributed by atoms with E-state index in [1.165, 1.54) is 5.56 Å². The summed E-state index contributed by atoms with van der Waals surface area (Å²) in [7, 11) is 2.02. The lowest BCUT2D eigenvalue weighted by atomic mass is 10.1. The lowest BCUT2D eigenvalue weighted by Crippen LogP contribution is -2.23. The van der Waals surface area contributed by atoms with Crippen LogP contribution in [0.2, 0.25) is 0 Å². The smallest absolute Gasteiger partial charge is 0.273 e. The van der Waals surface area contributed by atoms with E-state index in [4.69, 9.17) is 4.52 Å². The summed E-state index contributed by atoms with van der Waals surface area (Å²) < 4.78 is 5.29. The third-order valence-corrected chi connectivity index (χ3v) is 4.03. The van der Waals surface area contributed by atoms with E-state index in [9.17, 15) is 4.79 Å². The first-order valence-corrected chi connectivity index (χ1v) is 8.57. The molecule has 7 nitrogen and oxygen atoms in total. The van der Waals surface area contributed by atoms with Crippen molar-refractivity contribution >= 4 is 5.91 Å². The van der Waals surface area contributed by atoms with Crippen molar-refractivity contribution in [3.8, 4) is 0 Å². The van der Waals surface area contributed by atoms with E-state index >= 15 is 0 Å². The highest BCUT2D eigenvalue weighted by atomic mass is 16.5. The van der Waals surface area contributed by atoms with E-state index in [1.807, 2.05) is 38.2 Å². The molecule has 0 aliphatic heterocycles. The van der Waals surface area contributed by atoms with Crippen LogP contribution in [0.25, 0.3) is 0 Å². The number of aromatic nitrogens is 3. The number of aromatic amines is 1. The molecule has 3 rings (SSSR count). The summed E-state index contributed by atoms with van der Waals surface area (Å²) >= 11 is 0. The molecular weight excluding hydrogens is 330 g/mol. The Hall–Kier alpha value is -2.93. The number of aryl methyl sites for hydroxylation is 1. The van der Waals surface area contributed by atoms with Crippen molar-refractivity contribution in [2.24, 2.45) is 0 Å². The van der Waals surface area contributed by atoms with Crippen molar-refractivity contribution in [2.75, 3.05) is 13.6 Å². The molecule has 0 aliphatic carbocycles. The van der Waals surface area contributed by atoms with Crippen LogP contribution in [-0.4, -0.2) is 39.8 Å². The second-order valence-corrected chi connectivity index (χ2v) is 6.38. The summed E-state index contributed by atoms with van der Waals surface area (Å²) in [5, 5.41) is 13.6. The molecule has 136 valence electrons. The summed E-state index contributed by atoms with van der Waals surface area (Å²) in [5.41, 5.74) is 3.31. The highest BCUT2D eigenvalue weighted by Gasteiger charge is 2.14. The Morgan fingerprint density at radius 2 is 2.08 bits per heavy atom. The van der Waals surface area contributed by atoms with Crippen LogP contribution >= 0.6 is 0 Å². The SMILES string of the molecule is Cc1cc(CNC(=O)c2cc(CN(C)CCc3ccccc3)on2)n[nH]1. The minimum atomic E-state index is -0.271. The van der Waals surface area contributed by atoms with Gasteiger partial charge in [-0.25, -0.2) is 0 Å². The van der Waals surface area contributed by atoms with E-state index in [1.54, 1.807) is 6.07 Å². The van der Waals surface area contributed by atoms with Crippen LogP contribution in [0, 0.1) is 6.92 Å². The molecule has 0 saturated heterocycles. The molecule has 0 spiro atoms. The third-order valence-electron chi connectivity index (χ3n) is 4.03. The molecular formula is C19H23N5O2. The fraction of sp³-hybridized carbons (Fsp3) is 0.316. The molecule has 2 aromatic heterocycles. The van der Waals surface area contributed by atoms with E-state index in [-0.39, 0.29) is 11.6 Å². The number of rotatable bonds is 8. The van der Waals surface area contributed by atoms with E-state index in [2.05, 4.69) is 37.7 Å². The Labute approximate surface area is 152 Å². The standard InChI is InChI=1S/C19H23N5O2/c1-14-10-16(22-21-14)12-20-19(25)18-11-17(26-23-18)13-24(2)9-8-15-6-4-3-5-7-15/h3-7,10-11H,8-9,12-13H2,1-2H3,(H,20,25)(H,21,22). The summed E-state index contributed by atoms with van der Waals surface area (Å²) in [6.45, 7) is 3.76. The van der Waals surface area contributed by atoms with Crippen LogP contribution in [-0.2, 0) is 19.5 Å². The number of amides is 1. The van der Waals surface area contributed by atoms with Crippen LogP contribution in [0.15, 0.2) is 47.0 Å². The van der Waals surface area contributed by atoms with Crippen molar-refractivity contribution in [3.63, 3.8) is 0 Å². The van der Waals surface area contributed by atoms with E-state index < -0.39 is 0 Å². The van der Waals surface area contributed by atoms with Gasteiger partial charge in [0.1, 0.15) is 0 Å². The van der Waals surface area contributed by atoms with Gasteiger partial charge in [0.15, 0.2) is 11.5 Å². The molecule has 1 aromatic carbocycles. The van der Waals surface area contributed by atoms with Gasteiger partial charge in [-0.2, -0.15) is 5.10 Å². The zero-order valence-electron chi connectivity index (χ0n) is 15.0. The van der Waals surface area contributed by atoms with Gasteiger partial charge in [-0.1, -0.05) is 35.5 Å². The number of benzene rings is 1. The number of hydrogen-bond donors (Lipinski definition) is 2. The summed E-state index contributed by atoms with van der Waals surface area (Å²) in [5.74, 6) is 0.397. The quantitative estimate of drug-likeness (QED) is 0.649. The lowest BCUT2D eigenvalue weighted by molar-refractivity contribution is 0.0941. The van der Waals surface area contributed by atoms with Gasteiger partial charge in [0.25, 0.3) is 5.91 Å². The van der Waals surface area contributed by atoms with Gasteiger partial charge in [0.2, 0.25) is 0 Å². The zero-order chi connectivity index (χ0) is 18.4. The molecule has 0 aliphatic rings. The maximum absolute atomic E-state index is 12.1. The monoisotopic (exact) mass is 353 g/mol. The maximum atomic E-state index is 12.1. The highest BCUT2D eigenvalue weighted by molar-refractivity contribution is 5.92. The van der Waals surface area contributed by atoms with E-state index in [0.29, 0.717) is 18.8 Å². The summed E-state index contributed by atoms with van der Waals surface area (Å²) in [6.07, 6.45) is 0.960. The second-order valence-electron chi connectivity index (χ2n) is 6.38. The van der Waals surface area contributed by atoms with Crippen molar-refractivity contribution in [2.45, 2.75) is 26.4 Å². The van der Waals surface area contributed by atoms with Crippen molar-refractivity contribution < 1.29 is 9.32 Å². The normalized spacial score (nSPS) is 11.0. The first-order chi connectivity index (χ1) is 12.6. The molecule has 0 bridgehead atoms. The number of carbonyl (C=O) groups excluding carboxylic acids is 1. The predicted octanol–water partition coefficient (Wildman–Crippen LogP) is 2.31. The molecule has 0 saturated carbocycles. The second kappa shape index (κ2) is 8.44. The Balaban J connectivity index is 1.46. The number of likely N-dealkylation sites (N-methyl/N-ethyl adjacent to an activating group) is 1. The topological polar surface area (TPSA) is 87.1 Å². The molecule has 26 heavy (non-hydrogen) atoms. The van der Waals surface area contributed by atoms with Gasteiger partial charge in [-0.3, -0.25) is 14.8 Å². The van der Waals surface area contributed by atoms with Gasteiger partial charge >= 0.3 is 0 Å². The Morgan fingerprint density at radius 3 is 2.81 bits per heavy atom. The van der Waals surface area contributed by atoms with Gasteiger partial charge < -0.3 is 9.84 Å². The lowest BCUT2D eigenvalue weighted by Gasteiger charge is -2.14. The zero-order valence-corrected chi connectivity index (χ0v) is 15.0. The van der Waals surface area contributed by atoms with Crippen molar-refractivity contribution in [1.29, 1.82) is 0 Å². The predicted molar refractivity (Wildman–Crippen MR) is 97.5 cm³/mol. The molecule has 0 radical (unpaired) electrons. The third kappa shape index (κ3) is 5.03. The molecule has 2 heterocycles. The Bertz CT molecular complexity index is 841. The number of H-pyrrole nitrogens is 1. The molecule has 0 unspecified atom stereocenters. The van der Waals surface area contributed by atoms with Gasteiger partial charge in [-0.05, 0) is 32.0 Å². The Morgan fingerprint density at radius 1 is 1.27 bits per heavy atom. The molecule has 0 fully saturated rings. The average Bonchev–Trinajstić information content (AvgIpc) is 3.28. The largest absolute Gasteiger partial charge is 0.359 e. The first-order valence-electron chi connectivity index (χ1n) is 8.57. The van der Waals surface area contributed by atoms with Crippen LogP contribution in [0.5, 0.6) is 0 Å².